The molecule has 0 amide bonds. The first-order valence-corrected chi connectivity index (χ1v) is 8.47. The molecular formula is C20H15Cl2N3. The number of hydrogen-bond donors (Lipinski definition) is 1. The standard InChI is InChI=1S/C20H15Cl2N3/c1-13-6-15(8-16(21)7-13)12-24-17-3-4-19(22)18(9-17)20-5-2-14(10-23)11-25-20/h2-9,11,24H,12H2,1H3. The van der Waals surface area contributed by atoms with E-state index in [4.69, 9.17) is 28.5 Å². The van der Waals surface area contributed by atoms with Crippen LogP contribution in [0.5, 0.6) is 0 Å². The summed E-state index contributed by atoms with van der Waals surface area (Å²) in [7, 11) is 0. The van der Waals surface area contributed by atoms with Crippen LogP contribution in [0.1, 0.15) is 16.7 Å². The van der Waals surface area contributed by atoms with Gasteiger partial charge in [0.05, 0.1) is 16.3 Å². The number of nitrogens with one attached hydrogen (secondary N) is 1. The molecule has 5 heteroatoms. The van der Waals surface area contributed by atoms with E-state index in [-0.39, 0.29) is 0 Å². The van der Waals surface area contributed by atoms with Crippen molar-refractivity contribution in [1.82, 2.24) is 4.98 Å². The maximum absolute atomic E-state index is 8.88. The Kier molecular flexibility index (Phi) is 5.23. The maximum Gasteiger partial charge on any atom is 0.101 e. The SMILES string of the molecule is Cc1cc(Cl)cc(CNc2ccc(Cl)c(-c3ccc(C#N)cn3)c2)c1. The summed E-state index contributed by atoms with van der Waals surface area (Å²) in [5.41, 5.74) is 5.24. The van der Waals surface area contributed by atoms with Crippen LogP contribution >= 0.6 is 23.2 Å². The highest BCUT2D eigenvalue weighted by molar-refractivity contribution is 6.33. The summed E-state index contributed by atoms with van der Waals surface area (Å²) in [4.78, 5) is 4.31. The molecule has 0 bridgehead atoms. The Morgan fingerprint density at radius 3 is 2.60 bits per heavy atom. The van der Waals surface area contributed by atoms with Crippen LogP contribution in [0.25, 0.3) is 11.3 Å². The van der Waals surface area contributed by atoms with Gasteiger partial charge in [-0.1, -0.05) is 29.3 Å². The number of pyridine rings is 1. The molecule has 1 N–H and O–H groups in total. The Balaban J connectivity index is 1.82. The lowest BCUT2D eigenvalue weighted by atomic mass is 10.1. The van der Waals surface area contributed by atoms with Gasteiger partial charge >= 0.3 is 0 Å². The molecule has 0 spiro atoms. The second kappa shape index (κ2) is 7.57. The van der Waals surface area contributed by atoms with Crippen molar-refractivity contribution in [3.05, 3.63) is 81.5 Å². The third-order valence-corrected chi connectivity index (χ3v) is 4.28. The summed E-state index contributed by atoms with van der Waals surface area (Å²) in [5, 5.41) is 13.6. The third-order valence-electron chi connectivity index (χ3n) is 3.73. The van der Waals surface area contributed by atoms with Crippen LogP contribution in [0.2, 0.25) is 10.0 Å². The summed E-state index contributed by atoms with van der Waals surface area (Å²) in [6, 6.07) is 17.3. The van der Waals surface area contributed by atoms with E-state index >= 15 is 0 Å². The predicted molar refractivity (Wildman–Crippen MR) is 103 cm³/mol. The molecule has 0 saturated carbocycles. The second-order valence-corrected chi connectivity index (χ2v) is 6.57. The molecule has 0 saturated heterocycles. The summed E-state index contributed by atoms with van der Waals surface area (Å²) < 4.78 is 0. The van der Waals surface area contributed by atoms with Gasteiger partial charge in [0, 0.05) is 29.0 Å². The van der Waals surface area contributed by atoms with Crippen LogP contribution in [0.15, 0.2) is 54.7 Å². The van der Waals surface area contributed by atoms with Gasteiger partial charge in [-0.15, -0.1) is 0 Å². The van der Waals surface area contributed by atoms with Crippen molar-refractivity contribution < 1.29 is 0 Å². The van der Waals surface area contributed by atoms with Crippen molar-refractivity contribution in [2.24, 2.45) is 0 Å². The van der Waals surface area contributed by atoms with Gasteiger partial charge in [-0.25, -0.2) is 0 Å². The van der Waals surface area contributed by atoms with E-state index in [1.54, 1.807) is 18.3 Å². The number of nitrogens with zero attached hydrogens (tertiary/aromatic N) is 2. The molecule has 0 radical (unpaired) electrons. The van der Waals surface area contributed by atoms with Crippen molar-refractivity contribution in [1.29, 1.82) is 5.26 Å². The molecule has 3 nitrogen and oxygen atoms in total. The molecule has 1 aromatic heterocycles. The lowest BCUT2D eigenvalue weighted by Crippen LogP contribution is -2.00. The second-order valence-electron chi connectivity index (χ2n) is 5.73. The van der Waals surface area contributed by atoms with Gasteiger partial charge in [0.1, 0.15) is 6.07 Å². The number of nitriles is 1. The third kappa shape index (κ3) is 4.30. The molecule has 0 atom stereocenters. The Labute approximate surface area is 156 Å². The van der Waals surface area contributed by atoms with Crippen LogP contribution in [0, 0.1) is 18.3 Å². The van der Waals surface area contributed by atoms with E-state index < -0.39 is 0 Å². The van der Waals surface area contributed by atoms with Crippen LogP contribution in [0.4, 0.5) is 5.69 Å². The fourth-order valence-electron chi connectivity index (χ4n) is 2.57. The Hall–Kier alpha value is -2.54. The maximum atomic E-state index is 8.88. The van der Waals surface area contributed by atoms with Crippen LogP contribution in [0.3, 0.4) is 0 Å². The molecule has 3 rings (SSSR count). The average molecular weight is 368 g/mol. The lowest BCUT2D eigenvalue weighted by Gasteiger charge is -2.11. The van der Waals surface area contributed by atoms with Crippen molar-refractivity contribution >= 4 is 28.9 Å². The fraction of sp³-hybridized carbons (Fsp3) is 0.100. The highest BCUT2D eigenvalue weighted by Crippen LogP contribution is 2.29. The molecular weight excluding hydrogens is 353 g/mol. The Morgan fingerprint density at radius 2 is 1.92 bits per heavy atom. The van der Waals surface area contributed by atoms with Gasteiger partial charge in [0.2, 0.25) is 0 Å². The highest BCUT2D eigenvalue weighted by atomic mass is 35.5. The topological polar surface area (TPSA) is 48.7 Å². The van der Waals surface area contributed by atoms with Crippen molar-refractivity contribution in [2.75, 3.05) is 5.32 Å². The van der Waals surface area contributed by atoms with Gasteiger partial charge in [0.25, 0.3) is 0 Å². The quantitative estimate of drug-likeness (QED) is 0.629. The molecule has 2 aromatic carbocycles. The zero-order chi connectivity index (χ0) is 17.8. The minimum Gasteiger partial charge on any atom is -0.381 e. The van der Waals surface area contributed by atoms with E-state index in [1.807, 2.05) is 37.3 Å². The van der Waals surface area contributed by atoms with Crippen molar-refractivity contribution in [2.45, 2.75) is 13.5 Å². The monoisotopic (exact) mass is 367 g/mol. The molecule has 0 aliphatic carbocycles. The van der Waals surface area contributed by atoms with E-state index in [0.29, 0.717) is 17.1 Å². The zero-order valence-electron chi connectivity index (χ0n) is 13.6. The molecule has 0 unspecified atom stereocenters. The van der Waals surface area contributed by atoms with E-state index in [2.05, 4.69) is 22.4 Å². The molecule has 124 valence electrons. The van der Waals surface area contributed by atoms with E-state index in [1.165, 1.54) is 0 Å². The summed E-state index contributed by atoms with van der Waals surface area (Å²) in [6.07, 6.45) is 1.54. The molecule has 0 aliphatic heterocycles. The summed E-state index contributed by atoms with van der Waals surface area (Å²) in [5.74, 6) is 0. The van der Waals surface area contributed by atoms with Crippen molar-refractivity contribution in [3.8, 4) is 17.3 Å². The van der Waals surface area contributed by atoms with Crippen LogP contribution in [-0.4, -0.2) is 4.98 Å². The van der Waals surface area contributed by atoms with E-state index in [9.17, 15) is 0 Å². The first-order chi connectivity index (χ1) is 12.0. The van der Waals surface area contributed by atoms with Gasteiger partial charge in [-0.05, 0) is 60.5 Å². The number of benzene rings is 2. The fourth-order valence-corrected chi connectivity index (χ4v) is 3.10. The molecule has 1 heterocycles. The molecule has 0 aliphatic rings. The summed E-state index contributed by atoms with van der Waals surface area (Å²) >= 11 is 12.4. The number of anilines is 1. The molecule has 3 aromatic rings. The minimum absolute atomic E-state index is 0.519. The van der Waals surface area contributed by atoms with Crippen LogP contribution < -0.4 is 5.32 Å². The normalized spacial score (nSPS) is 10.3. The number of halogens is 2. The van der Waals surface area contributed by atoms with Gasteiger partial charge in [-0.3, -0.25) is 4.98 Å². The number of aromatic nitrogens is 1. The molecule has 0 fully saturated rings. The number of rotatable bonds is 4. The van der Waals surface area contributed by atoms with E-state index in [0.717, 1.165) is 33.1 Å². The smallest absolute Gasteiger partial charge is 0.101 e. The Morgan fingerprint density at radius 1 is 1.08 bits per heavy atom. The van der Waals surface area contributed by atoms with Gasteiger partial charge < -0.3 is 5.32 Å². The minimum atomic E-state index is 0.519. The largest absolute Gasteiger partial charge is 0.381 e. The zero-order valence-corrected chi connectivity index (χ0v) is 15.1. The number of hydrogen-bond acceptors (Lipinski definition) is 3. The predicted octanol–water partition coefficient (Wildman–Crippen LogP) is 5.85. The van der Waals surface area contributed by atoms with Gasteiger partial charge in [-0.2, -0.15) is 5.26 Å². The first kappa shape index (κ1) is 17.3. The Bertz CT molecular complexity index is 924. The summed E-state index contributed by atoms with van der Waals surface area (Å²) in [6.45, 7) is 2.68. The lowest BCUT2D eigenvalue weighted by molar-refractivity contribution is 1.14. The molecule has 25 heavy (non-hydrogen) atoms. The van der Waals surface area contributed by atoms with Gasteiger partial charge in [0.15, 0.2) is 0 Å². The first-order valence-electron chi connectivity index (χ1n) is 7.71. The highest BCUT2D eigenvalue weighted by Gasteiger charge is 2.07. The van der Waals surface area contributed by atoms with Crippen LogP contribution in [-0.2, 0) is 6.54 Å². The number of aryl methyl sites for hydroxylation is 1. The van der Waals surface area contributed by atoms with Crippen molar-refractivity contribution in [3.63, 3.8) is 0 Å². The average Bonchev–Trinajstić information content (AvgIpc) is 2.60.